The number of likely N-dealkylation sites (N-methyl/N-ethyl adjacent to an activating group) is 1. The maximum absolute atomic E-state index is 12.6. The molecule has 0 spiro atoms. The molecule has 2 heterocycles. The quantitative estimate of drug-likeness (QED) is 0.160. The summed E-state index contributed by atoms with van der Waals surface area (Å²) in [6.07, 6.45) is 9.89. The number of carbonyl (C=O) groups excluding carboxylic acids is 1. The molecule has 3 aliphatic rings. The Morgan fingerprint density at radius 2 is 1.82 bits per heavy atom. The van der Waals surface area contributed by atoms with Crippen LogP contribution in [-0.4, -0.2) is 72.9 Å². The summed E-state index contributed by atoms with van der Waals surface area (Å²) in [6, 6.07) is 4.16. The molecule has 2 atom stereocenters. The number of hydrogen-bond acceptors (Lipinski definition) is 6. The fraction of sp³-hybridized carbons (Fsp3) is 0.719. The molecule has 228 valence electrons. The van der Waals surface area contributed by atoms with Crippen LogP contribution >= 0.6 is 34.0 Å². The number of esters is 1. The predicted molar refractivity (Wildman–Crippen MR) is 174 cm³/mol. The highest BCUT2D eigenvalue weighted by Gasteiger charge is 2.46. The van der Waals surface area contributed by atoms with Crippen LogP contribution in [0.5, 0.6) is 11.5 Å². The van der Waals surface area contributed by atoms with Crippen molar-refractivity contribution >= 4 is 39.9 Å². The molecule has 6 nitrogen and oxygen atoms in total. The Morgan fingerprint density at radius 1 is 1.12 bits per heavy atom. The third kappa shape index (κ3) is 8.48. The summed E-state index contributed by atoms with van der Waals surface area (Å²) in [4.78, 5) is 17.0. The standard InChI is InChI=1S/C32H50N2O4.2BrH/c1-7-8-9-10-13-31(2,3)24-19-27(35)30-25-18-23(11-12-26(25)32(4,5)38-28(30)20-24)22-37-29(36)21-34-16-14-33(6)15-17-34;;/h11,19-20,25-26,35H,7-10,12-18,21-22H2,1-6H3;2*1H/t25-,26-;;/m0../s1. The molecule has 0 radical (unpaired) electrons. The number of halogens is 2. The molecule has 1 fully saturated rings. The molecule has 0 saturated carbocycles. The van der Waals surface area contributed by atoms with Crippen LogP contribution in [0.1, 0.15) is 96.6 Å². The lowest BCUT2D eigenvalue weighted by Gasteiger charge is -2.47. The molecule has 1 N–H and O–H groups in total. The second-order valence-electron chi connectivity index (χ2n) is 13.1. The van der Waals surface area contributed by atoms with Gasteiger partial charge in [0, 0.05) is 43.6 Å². The Hall–Kier alpha value is -1.09. The lowest BCUT2D eigenvalue weighted by molar-refractivity contribution is -0.144. The van der Waals surface area contributed by atoms with Gasteiger partial charge in [0.2, 0.25) is 0 Å². The minimum absolute atomic E-state index is 0. The lowest BCUT2D eigenvalue weighted by atomic mass is 9.66. The lowest BCUT2D eigenvalue weighted by Crippen LogP contribution is -2.46. The first kappa shape index (κ1) is 35.1. The fourth-order valence-corrected chi connectivity index (χ4v) is 6.52. The number of rotatable bonds is 10. The zero-order valence-electron chi connectivity index (χ0n) is 25.5. The number of piperazine rings is 1. The van der Waals surface area contributed by atoms with Crippen molar-refractivity contribution in [3.05, 3.63) is 34.9 Å². The molecule has 8 heteroatoms. The van der Waals surface area contributed by atoms with Gasteiger partial charge in [-0.15, -0.1) is 34.0 Å². The number of allylic oxidation sites excluding steroid dienone is 1. The maximum Gasteiger partial charge on any atom is 0.320 e. The van der Waals surface area contributed by atoms with Gasteiger partial charge < -0.3 is 19.5 Å². The molecule has 1 saturated heterocycles. The monoisotopic (exact) mass is 686 g/mol. The SMILES string of the molecule is Br.Br.CCCCCCC(C)(C)c1cc(O)c2c(c1)OC(C)(C)[C@H]1CC=C(COC(=O)CN3CCN(C)CC3)C[C@H]21. The summed E-state index contributed by atoms with van der Waals surface area (Å²) >= 11 is 0. The molecular weight excluding hydrogens is 636 g/mol. The maximum atomic E-state index is 12.6. The van der Waals surface area contributed by atoms with Crippen molar-refractivity contribution in [2.75, 3.05) is 46.4 Å². The molecule has 1 aliphatic carbocycles. The van der Waals surface area contributed by atoms with E-state index < -0.39 is 0 Å². The van der Waals surface area contributed by atoms with Crippen molar-refractivity contribution in [1.29, 1.82) is 0 Å². The molecule has 40 heavy (non-hydrogen) atoms. The van der Waals surface area contributed by atoms with E-state index in [4.69, 9.17) is 9.47 Å². The van der Waals surface area contributed by atoms with Crippen LogP contribution in [0.15, 0.2) is 23.8 Å². The molecule has 1 aromatic carbocycles. The molecule has 0 amide bonds. The molecular formula is C32H52Br2N2O4. The number of fused-ring (bicyclic) bond motifs is 3. The van der Waals surface area contributed by atoms with Crippen LogP contribution in [0.25, 0.3) is 0 Å². The van der Waals surface area contributed by atoms with E-state index in [-0.39, 0.29) is 62.8 Å². The average Bonchev–Trinajstić information content (AvgIpc) is 2.86. The van der Waals surface area contributed by atoms with Crippen LogP contribution in [0.2, 0.25) is 0 Å². The van der Waals surface area contributed by atoms with Gasteiger partial charge in [0.05, 0.1) is 6.54 Å². The normalized spacial score (nSPS) is 22.5. The molecule has 1 aromatic rings. The molecule has 0 unspecified atom stereocenters. The number of nitrogens with zero attached hydrogens (tertiary/aromatic N) is 2. The van der Waals surface area contributed by atoms with Crippen LogP contribution in [0.4, 0.5) is 0 Å². The van der Waals surface area contributed by atoms with E-state index in [0.717, 1.165) is 67.9 Å². The van der Waals surface area contributed by atoms with E-state index in [9.17, 15) is 9.90 Å². The minimum Gasteiger partial charge on any atom is -0.508 e. The smallest absolute Gasteiger partial charge is 0.320 e. The first-order valence-corrected chi connectivity index (χ1v) is 14.8. The van der Waals surface area contributed by atoms with Gasteiger partial charge >= 0.3 is 5.97 Å². The first-order chi connectivity index (χ1) is 18.0. The molecule has 0 bridgehead atoms. The van der Waals surface area contributed by atoms with E-state index in [1.807, 2.05) is 6.07 Å². The predicted octanol–water partition coefficient (Wildman–Crippen LogP) is 7.18. The zero-order valence-corrected chi connectivity index (χ0v) is 28.9. The van der Waals surface area contributed by atoms with Crippen molar-refractivity contribution in [3.63, 3.8) is 0 Å². The first-order valence-electron chi connectivity index (χ1n) is 14.8. The Labute approximate surface area is 263 Å². The highest BCUT2D eigenvalue weighted by Crippen LogP contribution is 2.55. The van der Waals surface area contributed by atoms with Gasteiger partial charge in [0.1, 0.15) is 23.7 Å². The average molecular weight is 689 g/mol. The molecule has 2 aliphatic heterocycles. The third-order valence-corrected chi connectivity index (χ3v) is 9.19. The van der Waals surface area contributed by atoms with Gasteiger partial charge in [-0.3, -0.25) is 9.69 Å². The second kappa shape index (κ2) is 14.9. The van der Waals surface area contributed by atoms with E-state index in [1.54, 1.807) is 0 Å². The van der Waals surface area contributed by atoms with Crippen LogP contribution in [0.3, 0.4) is 0 Å². The number of phenols is 1. The highest BCUT2D eigenvalue weighted by molar-refractivity contribution is 8.93. The largest absolute Gasteiger partial charge is 0.508 e. The Balaban J connectivity index is 0.00000280. The van der Waals surface area contributed by atoms with Crippen LogP contribution < -0.4 is 4.74 Å². The van der Waals surface area contributed by atoms with Gasteiger partial charge in [0.25, 0.3) is 0 Å². The van der Waals surface area contributed by atoms with Gasteiger partial charge in [0.15, 0.2) is 0 Å². The molecule has 0 aromatic heterocycles. The van der Waals surface area contributed by atoms with E-state index in [0.29, 0.717) is 18.9 Å². The van der Waals surface area contributed by atoms with Crippen molar-refractivity contribution in [3.8, 4) is 11.5 Å². The zero-order chi connectivity index (χ0) is 27.5. The van der Waals surface area contributed by atoms with Crippen molar-refractivity contribution in [2.45, 2.75) is 96.5 Å². The number of phenolic OH excluding ortho intramolecular Hbond substituents is 1. The van der Waals surface area contributed by atoms with Crippen LogP contribution in [0, 0.1) is 5.92 Å². The summed E-state index contributed by atoms with van der Waals surface area (Å²) in [5.74, 6) is 1.42. The highest BCUT2D eigenvalue weighted by atomic mass is 79.9. The van der Waals surface area contributed by atoms with Gasteiger partial charge in [-0.25, -0.2) is 0 Å². The summed E-state index contributed by atoms with van der Waals surface area (Å²) in [5.41, 5.74) is 2.84. The summed E-state index contributed by atoms with van der Waals surface area (Å²) in [6.45, 7) is 15.6. The summed E-state index contributed by atoms with van der Waals surface area (Å²) in [5, 5.41) is 11.3. The number of aromatic hydroxyl groups is 1. The number of carbonyl (C=O) groups is 1. The van der Waals surface area contributed by atoms with E-state index in [2.05, 4.69) is 63.6 Å². The summed E-state index contributed by atoms with van der Waals surface area (Å²) < 4.78 is 12.3. The number of ether oxygens (including phenoxy) is 2. The number of unbranched alkanes of at least 4 members (excludes halogenated alkanes) is 3. The Kier molecular flexibility index (Phi) is 13.1. The number of benzene rings is 1. The number of hydrogen-bond donors (Lipinski definition) is 1. The van der Waals surface area contributed by atoms with Gasteiger partial charge in [-0.1, -0.05) is 52.5 Å². The van der Waals surface area contributed by atoms with Gasteiger partial charge in [-0.2, -0.15) is 0 Å². The van der Waals surface area contributed by atoms with Crippen molar-refractivity contribution < 1.29 is 19.4 Å². The second-order valence-corrected chi connectivity index (χ2v) is 13.1. The van der Waals surface area contributed by atoms with Crippen molar-refractivity contribution in [2.24, 2.45) is 5.92 Å². The topological polar surface area (TPSA) is 62.2 Å². The van der Waals surface area contributed by atoms with Crippen molar-refractivity contribution in [1.82, 2.24) is 9.80 Å². The fourth-order valence-electron chi connectivity index (χ4n) is 6.52. The summed E-state index contributed by atoms with van der Waals surface area (Å²) in [7, 11) is 2.11. The Morgan fingerprint density at radius 3 is 2.50 bits per heavy atom. The van der Waals surface area contributed by atoms with Gasteiger partial charge in [-0.05, 0) is 68.8 Å². The third-order valence-electron chi connectivity index (χ3n) is 9.19. The van der Waals surface area contributed by atoms with Crippen LogP contribution in [-0.2, 0) is 14.9 Å². The minimum atomic E-state index is -0.339. The van der Waals surface area contributed by atoms with E-state index >= 15 is 0 Å². The van der Waals surface area contributed by atoms with E-state index in [1.165, 1.54) is 25.7 Å². The Bertz CT molecular complexity index is 1020. The molecule has 4 rings (SSSR count).